The predicted octanol–water partition coefficient (Wildman–Crippen LogP) is 2.94. The maximum Gasteiger partial charge on any atom is 0.225 e. The van der Waals surface area contributed by atoms with Crippen LogP contribution in [0.4, 0.5) is 10.1 Å². The van der Waals surface area contributed by atoms with Crippen molar-refractivity contribution in [2.24, 2.45) is 5.92 Å². The van der Waals surface area contributed by atoms with Crippen molar-refractivity contribution in [2.75, 3.05) is 25.0 Å². The Morgan fingerprint density at radius 2 is 2.00 bits per heavy atom. The van der Waals surface area contributed by atoms with Crippen molar-refractivity contribution in [3.05, 3.63) is 29.6 Å². The Balaban J connectivity index is 0.00000132. The molecule has 3 aliphatic rings. The van der Waals surface area contributed by atoms with Gasteiger partial charge in [0.1, 0.15) is 5.82 Å². The lowest BCUT2D eigenvalue weighted by Crippen LogP contribution is -2.46. The second kappa shape index (κ2) is 5.16. The molecule has 1 aromatic rings. The fraction of sp³-hybridized carbons (Fsp3) is 0.562. The van der Waals surface area contributed by atoms with Crippen LogP contribution in [0, 0.1) is 11.7 Å². The van der Waals surface area contributed by atoms with Gasteiger partial charge in [-0.15, -0.1) is 12.4 Å². The van der Waals surface area contributed by atoms with E-state index in [-0.39, 0.29) is 23.6 Å². The largest absolute Gasteiger partial charge is 0.384 e. The molecular formula is C16H20ClFN2O. The number of anilines is 1. The van der Waals surface area contributed by atoms with Gasteiger partial charge in [-0.05, 0) is 49.4 Å². The van der Waals surface area contributed by atoms with Crippen LogP contribution in [-0.2, 0) is 10.2 Å². The quantitative estimate of drug-likeness (QED) is 0.865. The van der Waals surface area contributed by atoms with Gasteiger partial charge in [-0.3, -0.25) is 4.79 Å². The fourth-order valence-electron chi connectivity index (χ4n) is 3.66. The molecule has 0 aromatic heterocycles. The summed E-state index contributed by atoms with van der Waals surface area (Å²) in [5.74, 6) is 0.476. The van der Waals surface area contributed by atoms with Crippen LogP contribution in [0.25, 0.3) is 0 Å². The van der Waals surface area contributed by atoms with Gasteiger partial charge in [0.05, 0.1) is 0 Å². The molecule has 1 saturated carbocycles. The number of carbonyl (C=O) groups excluding carboxylic acids is 1. The molecule has 5 heteroatoms. The number of nitrogens with zero attached hydrogens (tertiary/aromatic N) is 1. The zero-order valence-corrected chi connectivity index (χ0v) is 12.7. The average Bonchev–Trinajstić information content (AvgIpc) is 3.26. The summed E-state index contributed by atoms with van der Waals surface area (Å²) in [7, 11) is 0. The standard InChI is InChI=1S/C16H19FN2O.ClH/c17-12-3-4-14-13(9-12)16(10-18-14)5-7-19(8-6-16)15(20)11-1-2-11;/h3-4,9,11,18H,1-2,5-8,10H2;1H. The molecule has 1 spiro atoms. The number of hydrogen-bond acceptors (Lipinski definition) is 2. The molecule has 2 heterocycles. The molecule has 1 N–H and O–H groups in total. The minimum absolute atomic E-state index is 0. The molecule has 2 aliphatic heterocycles. The Morgan fingerprint density at radius 1 is 1.29 bits per heavy atom. The van der Waals surface area contributed by atoms with Crippen molar-refractivity contribution < 1.29 is 9.18 Å². The van der Waals surface area contributed by atoms with Crippen molar-refractivity contribution in [3.63, 3.8) is 0 Å². The summed E-state index contributed by atoms with van der Waals surface area (Å²) in [4.78, 5) is 14.1. The first-order chi connectivity index (χ1) is 9.68. The normalized spacial score (nSPS) is 22.4. The summed E-state index contributed by atoms with van der Waals surface area (Å²) in [6.07, 6.45) is 4.01. The molecular weight excluding hydrogens is 291 g/mol. The highest BCUT2D eigenvalue weighted by Crippen LogP contribution is 2.44. The highest BCUT2D eigenvalue weighted by atomic mass is 35.5. The van der Waals surface area contributed by atoms with Crippen molar-refractivity contribution >= 4 is 24.0 Å². The van der Waals surface area contributed by atoms with Crippen molar-refractivity contribution in [2.45, 2.75) is 31.1 Å². The number of fused-ring (bicyclic) bond motifs is 2. The highest BCUT2D eigenvalue weighted by molar-refractivity contribution is 5.85. The Kier molecular flexibility index (Phi) is 3.60. The van der Waals surface area contributed by atoms with E-state index < -0.39 is 0 Å². The van der Waals surface area contributed by atoms with E-state index in [9.17, 15) is 9.18 Å². The van der Waals surface area contributed by atoms with Gasteiger partial charge in [0, 0.05) is 36.7 Å². The number of halogens is 2. The average molecular weight is 311 g/mol. The van der Waals surface area contributed by atoms with Crippen molar-refractivity contribution in [1.82, 2.24) is 4.90 Å². The lowest BCUT2D eigenvalue weighted by atomic mass is 9.74. The van der Waals surface area contributed by atoms with Crippen LogP contribution >= 0.6 is 12.4 Å². The summed E-state index contributed by atoms with van der Waals surface area (Å²) < 4.78 is 13.5. The Bertz CT molecular complexity index is 565. The summed E-state index contributed by atoms with van der Waals surface area (Å²) >= 11 is 0. The van der Waals surface area contributed by atoms with Gasteiger partial charge in [-0.1, -0.05) is 0 Å². The lowest BCUT2D eigenvalue weighted by Gasteiger charge is -2.39. The maximum atomic E-state index is 13.5. The van der Waals surface area contributed by atoms with Crippen LogP contribution in [0.15, 0.2) is 18.2 Å². The molecule has 0 atom stereocenters. The van der Waals surface area contributed by atoms with Crippen molar-refractivity contribution in [3.8, 4) is 0 Å². The molecule has 4 rings (SSSR count). The molecule has 114 valence electrons. The summed E-state index contributed by atoms with van der Waals surface area (Å²) in [6.45, 7) is 2.50. The molecule has 2 fully saturated rings. The van der Waals surface area contributed by atoms with Gasteiger partial charge in [-0.2, -0.15) is 0 Å². The van der Waals surface area contributed by atoms with Crippen LogP contribution in [0.5, 0.6) is 0 Å². The first-order valence-corrected chi connectivity index (χ1v) is 7.51. The number of nitrogens with one attached hydrogen (secondary N) is 1. The monoisotopic (exact) mass is 310 g/mol. The maximum absolute atomic E-state index is 13.5. The molecule has 0 radical (unpaired) electrons. The van der Waals surface area contributed by atoms with E-state index >= 15 is 0 Å². The van der Waals surface area contributed by atoms with E-state index in [1.165, 1.54) is 6.07 Å². The number of amides is 1. The number of likely N-dealkylation sites (tertiary alicyclic amines) is 1. The minimum atomic E-state index is -0.164. The van der Waals surface area contributed by atoms with E-state index in [1.807, 2.05) is 11.0 Å². The van der Waals surface area contributed by atoms with Crippen LogP contribution in [0.3, 0.4) is 0 Å². The number of rotatable bonds is 1. The minimum Gasteiger partial charge on any atom is -0.384 e. The molecule has 1 amide bonds. The number of carbonyl (C=O) groups is 1. The van der Waals surface area contributed by atoms with Gasteiger partial charge >= 0.3 is 0 Å². The van der Waals surface area contributed by atoms with Crippen molar-refractivity contribution in [1.29, 1.82) is 0 Å². The smallest absolute Gasteiger partial charge is 0.225 e. The number of benzene rings is 1. The molecule has 21 heavy (non-hydrogen) atoms. The van der Waals surface area contributed by atoms with Gasteiger partial charge in [0.2, 0.25) is 5.91 Å². The number of piperidine rings is 1. The van der Waals surface area contributed by atoms with E-state index in [1.54, 1.807) is 6.07 Å². The zero-order chi connectivity index (χ0) is 13.7. The van der Waals surface area contributed by atoms with Gasteiger partial charge in [0.25, 0.3) is 0 Å². The lowest BCUT2D eigenvalue weighted by molar-refractivity contribution is -0.134. The predicted molar refractivity (Wildman–Crippen MR) is 82.4 cm³/mol. The first kappa shape index (κ1) is 14.6. The zero-order valence-electron chi connectivity index (χ0n) is 11.9. The Morgan fingerprint density at radius 3 is 2.67 bits per heavy atom. The number of hydrogen-bond donors (Lipinski definition) is 1. The van der Waals surface area contributed by atoms with Crippen LogP contribution in [0.1, 0.15) is 31.2 Å². The molecule has 1 aromatic carbocycles. The fourth-order valence-corrected chi connectivity index (χ4v) is 3.66. The van der Waals surface area contributed by atoms with Gasteiger partial charge in [-0.25, -0.2) is 4.39 Å². The van der Waals surface area contributed by atoms with E-state index in [2.05, 4.69) is 5.32 Å². The van der Waals surface area contributed by atoms with E-state index in [0.29, 0.717) is 11.8 Å². The SMILES string of the molecule is Cl.O=C(C1CC1)N1CCC2(CC1)CNc1ccc(F)cc12. The molecule has 3 nitrogen and oxygen atoms in total. The third-order valence-electron chi connectivity index (χ3n) is 5.13. The molecule has 0 unspecified atom stereocenters. The van der Waals surface area contributed by atoms with Gasteiger partial charge < -0.3 is 10.2 Å². The summed E-state index contributed by atoms with van der Waals surface area (Å²) in [5.41, 5.74) is 2.20. The molecule has 1 saturated heterocycles. The van der Waals surface area contributed by atoms with Gasteiger partial charge in [0.15, 0.2) is 0 Å². The van der Waals surface area contributed by atoms with E-state index in [0.717, 1.165) is 56.6 Å². The third-order valence-corrected chi connectivity index (χ3v) is 5.13. The van der Waals surface area contributed by atoms with Crippen LogP contribution in [-0.4, -0.2) is 30.4 Å². The highest BCUT2D eigenvalue weighted by Gasteiger charge is 2.44. The topological polar surface area (TPSA) is 32.3 Å². The molecule has 0 bridgehead atoms. The van der Waals surface area contributed by atoms with Crippen LogP contribution < -0.4 is 5.32 Å². The summed E-state index contributed by atoms with van der Waals surface area (Å²) in [6, 6.07) is 5.02. The second-order valence-electron chi connectivity index (χ2n) is 6.42. The van der Waals surface area contributed by atoms with Crippen LogP contribution in [0.2, 0.25) is 0 Å². The first-order valence-electron chi connectivity index (χ1n) is 7.51. The summed E-state index contributed by atoms with van der Waals surface area (Å²) in [5, 5.41) is 3.40. The second-order valence-corrected chi connectivity index (χ2v) is 6.42. The third kappa shape index (κ3) is 2.39. The van der Waals surface area contributed by atoms with E-state index in [4.69, 9.17) is 0 Å². The molecule has 1 aliphatic carbocycles. The Labute approximate surface area is 130 Å². The Hall–Kier alpha value is -1.29.